The van der Waals surface area contributed by atoms with Crippen LogP contribution in [0.5, 0.6) is 0 Å². The summed E-state index contributed by atoms with van der Waals surface area (Å²) in [7, 11) is 0. The second kappa shape index (κ2) is 5.14. The van der Waals surface area contributed by atoms with Gasteiger partial charge < -0.3 is 0 Å². The molecule has 0 saturated carbocycles. The average molecular weight is 99.1 g/mol. The normalized spacial score (nSPS) is 9.29. The maximum Gasteiger partial charge on any atom is 0.0592 e. The van der Waals surface area contributed by atoms with Crippen LogP contribution in [0.2, 0.25) is 0 Å². The first-order valence-electron chi connectivity index (χ1n) is 2.14. The van der Waals surface area contributed by atoms with E-state index in [2.05, 4.69) is 22.3 Å². The first kappa shape index (κ1) is 6.14. The predicted octanol–water partition coefficient (Wildman–Crippen LogP) is 1.11. The summed E-state index contributed by atoms with van der Waals surface area (Å²) >= 11 is 0. The van der Waals surface area contributed by atoms with Gasteiger partial charge in [-0.05, 0) is 6.92 Å². The van der Waals surface area contributed by atoms with E-state index in [9.17, 15) is 0 Å². The quantitative estimate of drug-likeness (QED) is 0.417. The van der Waals surface area contributed by atoms with Gasteiger partial charge in [0.25, 0.3) is 0 Å². The van der Waals surface area contributed by atoms with Gasteiger partial charge in [-0.25, -0.2) is 0 Å². The van der Waals surface area contributed by atoms with Crippen molar-refractivity contribution < 1.29 is 0 Å². The first-order valence-corrected chi connectivity index (χ1v) is 2.14. The van der Waals surface area contributed by atoms with E-state index in [1.807, 2.05) is 6.92 Å². The Bertz CT molecular complexity index is 67.3. The van der Waals surface area contributed by atoms with Crippen molar-refractivity contribution in [3.05, 3.63) is 12.8 Å². The molecule has 40 valence electrons. The number of nitrogens with one attached hydrogen (secondary N) is 1. The molecule has 0 heterocycles. The summed E-state index contributed by atoms with van der Waals surface area (Å²) in [5.74, 6) is 0. The van der Waals surface area contributed by atoms with E-state index >= 15 is 0 Å². The summed E-state index contributed by atoms with van der Waals surface area (Å²) in [4.78, 5) is 0. The standard InChI is InChI=1S/C4H9N3/c1-3-5-7-6-4-2/h3H,1,4H2,2H3,(H,5,6). The lowest BCUT2D eigenvalue weighted by atomic mass is 10.8. The molecule has 7 heavy (non-hydrogen) atoms. The minimum Gasteiger partial charge on any atom is -0.268 e. The van der Waals surface area contributed by atoms with Crippen molar-refractivity contribution in [2.24, 2.45) is 10.3 Å². The molecule has 0 spiro atoms. The Morgan fingerprint density at radius 3 is 3.00 bits per heavy atom. The fourth-order valence-corrected chi connectivity index (χ4v) is 0.152. The van der Waals surface area contributed by atoms with Gasteiger partial charge in [-0.2, -0.15) is 5.11 Å². The van der Waals surface area contributed by atoms with Gasteiger partial charge in [0.15, 0.2) is 0 Å². The van der Waals surface area contributed by atoms with Gasteiger partial charge in [0, 0.05) is 6.20 Å². The molecule has 0 unspecified atom stereocenters. The third-order valence-electron chi connectivity index (χ3n) is 0.361. The van der Waals surface area contributed by atoms with E-state index in [-0.39, 0.29) is 0 Å². The zero-order chi connectivity index (χ0) is 5.54. The van der Waals surface area contributed by atoms with Gasteiger partial charge in [-0.15, -0.1) is 0 Å². The fourth-order valence-electron chi connectivity index (χ4n) is 0.152. The molecule has 0 bridgehead atoms. The maximum absolute atomic E-state index is 3.60. The summed E-state index contributed by atoms with van der Waals surface area (Å²) in [6, 6.07) is 0. The highest BCUT2D eigenvalue weighted by Crippen LogP contribution is 1.65. The average Bonchev–Trinajstić information content (AvgIpc) is 1.69. The SMILES string of the molecule is C=CN/N=N\CC. The summed E-state index contributed by atoms with van der Waals surface area (Å²) in [5, 5.41) is 7.07. The van der Waals surface area contributed by atoms with Crippen molar-refractivity contribution >= 4 is 0 Å². The van der Waals surface area contributed by atoms with E-state index in [1.54, 1.807) is 0 Å². The van der Waals surface area contributed by atoms with Gasteiger partial charge >= 0.3 is 0 Å². The predicted molar refractivity (Wildman–Crippen MR) is 28.7 cm³/mol. The molecule has 0 aliphatic rings. The molecule has 0 aromatic carbocycles. The van der Waals surface area contributed by atoms with E-state index in [4.69, 9.17) is 0 Å². The Morgan fingerprint density at radius 2 is 2.57 bits per heavy atom. The number of rotatable bonds is 3. The molecule has 0 aliphatic heterocycles. The third kappa shape index (κ3) is 5.14. The molecule has 0 aromatic heterocycles. The van der Waals surface area contributed by atoms with E-state index < -0.39 is 0 Å². The van der Waals surface area contributed by atoms with E-state index in [0.29, 0.717) is 6.54 Å². The molecule has 0 saturated heterocycles. The van der Waals surface area contributed by atoms with Gasteiger partial charge in [0.1, 0.15) is 0 Å². The maximum atomic E-state index is 3.60. The molecule has 0 radical (unpaired) electrons. The molecular weight excluding hydrogens is 90.1 g/mol. The van der Waals surface area contributed by atoms with Crippen molar-refractivity contribution in [3.8, 4) is 0 Å². The Hall–Kier alpha value is -0.860. The second-order valence-corrected chi connectivity index (χ2v) is 0.891. The van der Waals surface area contributed by atoms with Crippen molar-refractivity contribution in [1.82, 2.24) is 5.43 Å². The first-order chi connectivity index (χ1) is 3.41. The van der Waals surface area contributed by atoms with Crippen molar-refractivity contribution in [2.45, 2.75) is 6.92 Å². The molecule has 0 aliphatic carbocycles. The van der Waals surface area contributed by atoms with Gasteiger partial charge in [0.05, 0.1) is 6.54 Å². The topological polar surface area (TPSA) is 36.8 Å². The van der Waals surface area contributed by atoms with Crippen LogP contribution in [-0.2, 0) is 0 Å². The van der Waals surface area contributed by atoms with Crippen LogP contribution in [0, 0.1) is 0 Å². The number of nitrogens with zero attached hydrogens (tertiary/aromatic N) is 2. The zero-order valence-electron chi connectivity index (χ0n) is 4.39. The minimum atomic E-state index is 0.709. The highest BCUT2D eigenvalue weighted by Gasteiger charge is 1.60. The molecule has 0 amide bonds. The minimum absolute atomic E-state index is 0.709. The largest absolute Gasteiger partial charge is 0.268 e. The second-order valence-electron chi connectivity index (χ2n) is 0.891. The molecule has 0 aromatic rings. The van der Waals surface area contributed by atoms with Gasteiger partial charge in [0.2, 0.25) is 0 Å². The van der Waals surface area contributed by atoms with Crippen LogP contribution in [0.15, 0.2) is 23.1 Å². The Labute approximate surface area is 43.1 Å². The number of hydrogen-bond donors (Lipinski definition) is 1. The monoisotopic (exact) mass is 99.1 g/mol. The molecule has 0 rings (SSSR count). The Morgan fingerprint density at radius 1 is 1.86 bits per heavy atom. The molecule has 1 N–H and O–H groups in total. The van der Waals surface area contributed by atoms with Crippen molar-refractivity contribution in [1.29, 1.82) is 0 Å². The van der Waals surface area contributed by atoms with Crippen LogP contribution in [-0.4, -0.2) is 6.54 Å². The van der Waals surface area contributed by atoms with Gasteiger partial charge in [-0.1, -0.05) is 11.8 Å². The lowest BCUT2D eigenvalue weighted by Gasteiger charge is -1.80. The van der Waals surface area contributed by atoms with Crippen molar-refractivity contribution in [2.75, 3.05) is 6.54 Å². The highest BCUT2D eigenvalue weighted by atomic mass is 15.4. The third-order valence-corrected chi connectivity index (χ3v) is 0.361. The van der Waals surface area contributed by atoms with Crippen LogP contribution in [0.4, 0.5) is 0 Å². The van der Waals surface area contributed by atoms with Crippen molar-refractivity contribution in [3.63, 3.8) is 0 Å². The summed E-state index contributed by atoms with van der Waals surface area (Å²) in [6.45, 7) is 5.99. The van der Waals surface area contributed by atoms with Crippen LogP contribution >= 0.6 is 0 Å². The lowest BCUT2D eigenvalue weighted by Crippen LogP contribution is -1.88. The highest BCUT2D eigenvalue weighted by molar-refractivity contribution is 4.55. The molecule has 3 heteroatoms. The lowest BCUT2D eigenvalue weighted by molar-refractivity contribution is 0.815. The van der Waals surface area contributed by atoms with Crippen LogP contribution in [0.3, 0.4) is 0 Å². The molecule has 0 atom stereocenters. The van der Waals surface area contributed by atoms with Crippen LogP contribution in [0.25, 0.3) is 0 Å². The summed E-state index contributed by atoms with van der Waals surface area (Å²) < 4.78 is 0. The van der Waals surface area contributed by atoms with E-state index in [0.717, 1.165) is 0 Å². The molecule has 3 nitrogen and oxygen atoms in total. The zero-order valence-corrected chi connectivity index (χ0v) is 4.39. The summed E-state index contributed by atoms with van der Waals surface area (Å²) in [6.07, 6.45) is 1.47. The molecule has 0 fully saturated rings. The Kier molecular flexibility index (Phi) is 4.51. The van der Waals surface area contributed by atoms with E-state index in [1.165, 1.54) is 6.20 Å². The molecular formula is C4H9N3. The van der Waals surface area contributed by atoms with Crippen LogP contribution < -0.4 is 5.43 Å². The fraction of sp³-hybridized carbons (Fsp3) is 0.500. The summed E-state index contributed by atoms with van der Waals surface area (Å²) in [5.41, 5.74) is 2.47. The Balaban J connectivity index is 2.92. The smallest absolute Gasteiger partial charge is 0.0592 e. The number of hydrogen-bond acceptors (Lipinski definition) is 2. The van der Waals surface area contributed by atoms with Crippen LogP contribution in [0.1, 0.15) is 6.92 Å². The van der Waals surface area contributed by atoms with Gasteiger partial charge in [-0.3, -0.25) is 5.43 Å².